The Hall–Kier alpha value is -1.87. The van der Waals surface area contributed by atoms with Gasteiger partial charge in [-0.25, -0.2) is 4.79 Å². The number of ether oxygens (including phenoxy) is 1. The van der Waals surface area contributed by atoms with Gasteiger partial charge in [0.2, 0.25) is 0 Å². The number of nitrogens with one attached hydrogen (secondary N) is 1. The van der Waals surface area contributed by atoms with Crippen molar-refractivity contribution in [3.05, 3.63) is 21.9 Å². The third-order valence-electron chi connectivity index (χ3n) is 1.85. The van der Waals surface area contributed by atoms with Crippen molar-refractivity contribution in [1.82, 2.24) is 5.32 Å². The summed E-state index contributed by atoms with van der Waals surface area (Å²) in [7, 11) is 0. The third-order valence-corrected chi connectivity index (χ3v) is 2.92. The van der Waals surface area contributed by atoms with Crippen LogP contribution in [0.2, 0.25) is 0 Å². The second-order valence-corrected chi connectivity index (χ2v) is 5.69. The van der Waals surface area contributed by atoms with E-state index in [0.29, 0.717) is 16.0 Å². The number of amides is 1. The van der Waals surface area contributed by atoms with Crippen LogP contribution in [0.15, 0.2) is 12.1 Å². The largest absolute Gasteiger partial charge is 0.444 e. The molecule has 1 aromatic heterocycles. The predicted octanol–water partition coefficient (Wildman–Crippen LogP) is 2.38. The SMILES string of the molecule is CC(C)(C)OC(=O)NC(C=O)c1ccc(C#N)s1. The smallest absolute Gasteiger partial charge is 0.408 e. The molecule has 1 amide bonds. The summed E-state index contributed by atoms with van der Waals surface area (Å²) < 4.78 is 5.06. The Bertz CT molecular complexity index is 482. The van der Waals surface area contributed by atoms with Gasteiger partial charge in [-0.3, -0.25) is 0 Å². The number of thiophene rings is 1. The van der Waals surface area contributed by atoms with E-state index in [9.17, 15) is 9.59 Å². The zero-order chi connectivity index (χ0) is 13.8. The van der Waals surface area contributed by atoms with Crippen LogP contribution in [0.4, 0.5) is 4.79 Å². The molecule has 96 valence electrons. The molecule has 0 aromatic carbocycles. The van der Waals surface area contributed by atoms with Crippen molar-refractivity contribution in [1.29, 1.82) is 5.26 Å². The zero-order valence-electron chi connectivity index (χ0n) is 10.4. The van der Waals surface area contributed by atoms with E-state index in [1.807, 2.05) is 6.07 Å². The van der Waals surface area contributed by atoms with Crippen molar-refractivity contribution in [3.8, 4) is 6.07 Å². The van der Waals surface area contributed by atoms with Crippen molar-refractivity contribution in [2.24, 2.45) is 0 Å². The molecule has 18 heavy (non-hydrogen) atoms. The summed E-state index contributed by atoms with van der Waals surface area (Å²) in [5, 5.41) is 11.1. The van der Waals surface area contributed by atoms with Crippen molar-refractivity contribution in [3.63, 3.8) is 0 Å². The van der Waals surface area contributed by atoms with Crippen LogP contribution in [0.5, 0.6) is 0 Å². The average Bonchev–Trinajstić information content (AvgIpc) is 2.71. The lowest BCUT2D eigenvalue weighted by Crippen LogP contribution is -2.35. The van der Waals surface area contributed by atoms with Gasteiger partial charge in [0, 0.05) is 4.88 Å². The lowest BCUT2D eigenvalue weighted by molar-refractivity contribution is -0.109. The molecular weight excluding hydrogens is 252 g/mol. The molecule has 1 N–H and O–H groups in total. The molecule has 1 atom stereocenters. The fourth-order valence-corrected chi connectivity index (χ4v) is 2.00. The maximum atomic E-state index is 11.5. The van der Waals surface area contributed by atoms with Gasteiger partial charge in [0.25, 0.3) is 0 Å². The molecule has 0 saturated heterocycles. The van der Waals surface area contributed by atoms with Gasteiger partial charge in [0.05, 0.1) is 0 Å². The summed E-state index contributed by atoms with van der Waals surface area (Å²) in [6.45, 7) is 5.21. The van der Waals surface area contributed by atoms with Gasteiger partial charge in [0.1, 0.15) is 28.9 Å². The summed E-state index contributed by atoms with van der Waals surface area (Å²) in [5.74, 6) is 0. The van der Waals surface area contributed by atoms with Gasteiger partial charge in [-0.1, -0.05) is 0 Å². The molecule has 1 heterocycles. The highest BCUT2D eigenvalue weighted by molar-refractivity contribution is 7.12. The lowest BCUT2D eigenvalue weighted by atomic mass is 10.2. The third kappa shape index (κ3) is 4.18. The lowest BCUT2D eigenvalue weighted by Gasteiger charge is -2.21. The number of hydrogen-bond donors (Lipinski definition) is 1. The van der Waals surface area contributed by atoms with Crippen LogP contribution >= 0.6 is 11.3 Å². The van der Waals surface area contributed by atoms with Crippen LogP contribution < -0.4 is 5.32 Å². The number of aldehydes is 1. The van der Waals surface area contributed by atoms with Crippen molar-refractivity contribution >= 4 is 23.7 Å². The van der Waals surface area contributed by atoms with Crippen molar-refractivity contribution in [2.75, 3.05) is 0 Å². The predicted molar refractivity (Wildman–Crippen MR) is 67.2 cm³/mol. The first-order valence-corrected chi connectivity index (χ1v) is 6.12. The Morgan fingerprint density at radius 2 is 2.22 bits per heavy atom. The van der Waals surface area contributed by atoms with Crippen molar-refractivity contribution < 1.29 is 14.3 Å². The minimum atomic E-state index is -0.785. The fourth-order valence-electron chi connectivity index (χ4n) is 1.19. The normalized spacial score (nSPS) is 12.3. The van der Waals surface area contributed by atoms with E-state index >= 15 is 0 Å². The number of alkyl carbamates (subject to hydrolysis) is 1. The molecule has 1 unspecified atom stereocenters. The van der Waals surface area contributed by atoms with Crippen molar-refractivity contribution in [2.45, 2.75) is 32.4 Å². The minimum Gasteiger partial charge on any atom is -0.444 e. The Balaban J connectivity index is 2.71. The standard InChI is InChI=1S/C12H14N2O3S/c1-12(2,3)17-11(16)14-9(7-15)10-5-4-8(6-13)18-10/h4-5,7,9H,1-3H3,(H,14,16). The van der Waals surface area contributed by atoms with E-state index in [0.717, 1.165) is 11.3 Å². The van der Waals surface area contributed by atoms with Crippen LogP contribution in [-0.4, -0.2) is 18.0 Å². The van der Waals surface area contributed by atoms with Gasteiger partial charge in [0.15, 0.2) is 0 Å². The van der Waals surface area contributed by atoms with Crippen LogP contribution in [0, 0.1) is 11.3 Å². The van der Waals surface area contributed by atoms with E-state index < -0.39 is 17.7 Å². The summed E-state index contributed by atoms with van der Waals surface area (Å²) in [6, 6.07) is 4.43. The summed E-state index contributed by atoms with van der Waals surface area (Å²) in [6.07, 6.45) is -0.0526. The molecule has 0 aliphatic carbocycles. The van der Waals surface area contributed by atoms with Gasteiger partial charge < -0.3 is 14.8 Å². The second kappa shape index (κ2) is 5.65. The van der Waals surface area contributed by atoms with Gasteiger partial charge >= 0.3 is 6.09 Å². The van der Waals surface area contributed by atoms with Crippen LogP contribution in [0.25, 0.3) is 0 Å². The fraction of sp³-hybridized carbons (Fsp3) is 0.417. The molecular formula is C12H14N2O3S. The second-order valence-electron chi connectivity index (χ2n) is 4.57. The van der Waals surface area contributed by atoms with E-state index in [2.05, 4.69) is 5.32 Å². The maximum Gasteiger partial charge on any atom is 0.408 e. The number of carbonyl (C=O) groups excluding carboxylic acids is 2. The molecule has 0 bridgehead atoms. The molecule has 6 heteroatoms. The van der Waals surface area contributed by atoms with Crippen LogP contribution in [0.1, 0.15) is 36.6 Å². The van der Waals surface area contributed by atoms with Gasteiger partial charge in [-0.15, -0.1) is 11.3 Å². The highest BCUT2D eigenvalue weighted by Gasteiger charge is 2.21. The minimum absolute atomic E-state index is 0.489. The van der Waals surface area contributed by atoms with Gasteiger partial charge in [-0.2, -0.15) is 5.26 Å². The van der Waals surface area contributed by atoms with E-state index in [1.54, 1.807) is 32.9 Å². The van der Waals surface area contributed by atoms with E-state index in [4.69, 9.17) is 10.00 Å². The van der Waals surface area contributed by atoms with Crippen LogP contribution in [-0.2, 0) is 9.53 Å². The first kappa shape index (κ1) is 14.2. The number of hydrogen-bond acceptors (Lipinski definition) is 5. The molecule has 1 aromatic rings. The highest BCUT2D eigenvalue weighted by Crippen LogP contribution is 2.22. The molecule has 0 radical (unpaired) electrons. The maximum absolute atomic E-state index is 11.5. The molecule has 0 saturated carbocycles. The van der Waals surface area contributed by atoms with Gasteiger partial charge in [-0.05, 0) is 32.9 Å². The number of nitrogens with zero attached hydrogens (tertiary/aromatic N) is 1. The van der Waals surface area contributed by atoms with Crippen LogP contribution in [0.3, 0.4) is 0 Å². The average molecular weight is 266 g/mol. The summed E-state index contributed by atoms with van der Waals surface area (Å²) in [5.41, 5.74) is -0.620. The Morgan fingerprint density at radius 3 is 2.67 bits per heavy atom. The Kier molecular flexibility index (Phi) is 4.45. The number of rotatable bonds is 3. The van der Waals surface area contributed by atoms with E-state index in [-0.39, 0.29) is 0 Å². The number of carbonyl (C=O) groups is 2. The first-order valence-electron chi connectivity index (χ1n) is 5.30. The molecule has 0 spiro atoms. The summed E-state index contributed by atoms with van der Waals surface area (Å²) >= 11 is 1.16. The monoisotopic (exact) mass is 266 g/mol. The summed E-state index contributed by atoms with van der Waals surface area (Å²) in [4.78, 5) is 23.6. The quantitative estimate of drug-likeness (QED) is 0.852. The topological polar surface area (TPSA) is 79.2 Å². The molecule has 5 nitrogen and oxygen atoms in total. The zero-order valence-corrected chi connectivity index (χ0v) is 11.2. The highest BCUT2D eigenvalue weighted by atomic mass is 32.1. The Labute approximate surface area is 109 Å². The molecule has 0 fully saturated rings. The molecule has 0 aliphatic heterocycles. The molecule has 1 rings (SSSR count). The Morgan fingerprint density at radius 1 is 1.56 bits per heavy atom. The molecule has 0 aliphatic rings. The first-order chi connectivity index (χ1) is 8.35. The van der Waals surface area contributed by atoms with E-state index in [1.165, 1.54) is 0 Å². The number of nitriles is 1.